The molecule has 0 N–H and O–H groups in total. The molecule has 0 fully saturated rings. The second-order valence-corrected chi connectivity index (χ2v) is 5.60. The predicted molar refractivity (Wildman–Crippen MR) is 49.5 cm³/mol. The van der Waals surface area contributed by atoms with Crippen LogP contribution in [0.15, 0.2) is 0 Å². The van der Waals surface area contributed by atoms with E-state index in [0.717, 1.165) is 19.0 Å². The van der Waals surface area contributed by atoms with Crippen LogP contribution in [0.2, 0.25) is 0 Å². The van der Waals surface area contributed by atoms with Gasteiger partial charge in [-0.3, -0.25) is 4.57 Å². The van der Waals surface area contributed by atoms with Crippen LogP contribution < -0.4 is 0 Å². The van der Waals surface area contributed by atoms with E-state index in [1.165, 1.54) is 6.42 Å². The van der Waals surface area contributed by atoms with Crippen LogP contribution in [0.3, 0.4) is 0 Å². The third-order valence-corrected chi connectivity index (χ3v) is 3.50. The van der Waals surface area contributed by atoms with Crippen molar-refractivity contribution in [3.8, 4) is 0 Å². The summed E-state index contributed by atoms with van der Waals surface area (Å²) >= 11 is 0. The van der Waals surface area contributed by atoms with Crippen LogP contribution >= 0.6 is 7.37 Å². The quantitative estimate of drug-likeness (QED) is 0.461. The lowest BCUT2D eigenvalue weighted by Crippen LogP contribution is -1.93. The summed E-state index contributed by atoms with van der Waals surface area (Å²) in [5.41, 5.74) is 0. The van der Waals surface area contributed by atoms with Crippen molar-refractivity contribution >= 4 is 7.37 Å². The van der Waals surface area contributed by atoms with Crippen molar-refractivity contribution in [2.24, 2.45) is 0 Å². The van der Waals surface area contributed by atoms with Gasteiger partial charge in [0.1, 0.15) is 0 Å². The molecule has 11 heavy (non-hydrogen) atoms. The standard InChI is InChI=1S/C8H19O2P/c1-4-6-7-8-11(3,9)10-5-2/h4-8H2,1-3H3. The molecule has 0 saturated heterocycles. The summed E-state index contributed by atoms with van der Waals surface area (Å²) in [6, 6.07) is 0. The maximum absolute atomic E-state index is 11.5. The van der Waals surface area contributed by atoms with E-state index >= 15 is 0 Å². The minimum absolute atomic E-state index is 0.569. The topological polar surface area (TPSA) is 26.3 Å². The summed E-state index contributed by atoms with van der Waals surface area (Å²) in [7, 11) is -2.22. The lowest BCUT2D eigenvalue weighted by molar-refractivity contribution is 0.336. The molecule has 3 heteroatoms. The van der Waals surface area contributed by atoms with Gasteiger partial charge in [-0.25, -0.2) is 0 Å². The van der Waals surface area contributed by atoms with E-state index in [-0.39, 0.29) is 0 Å². The number of hydrogen-bond acceptors (Lipinski definition) is 2. The van der Waals surface area contributed by atoms with Crippen molar-refractivity contribution in [2.75, 3.05) is 19.4 Å². The second kappa shape index (κ2) is 5.79. The molecule has 0 aromatic carbocycles. The van der Waals surface area contributed by atoms with Gasteiger partial charge in [0.25, 0.3) is 0 Å². The highest BCUT2D eigenvalue weighted by atomic mass is 31.2. The fourth-order valence-electron chi connectivity index (χ4n) is 0.987. The SMILES string of the molecule is CCCCCP(C)(=O)OCC. The fraction of sp³-hybridized carbons (Fsp3) is 1.00. The van der Waals surface area contributed by atoms with Gasteiger partial charge >= 0.3 is 0 Å². The zero-order chi connectivity index (χ0) is 8.74. The normalized spacial score (nSPS) is 16.3. The van der Waals surface area contributed by atoms with Gasteiger partial charge in [-0.05, 0) is 13.3 Å². The van der Waals surface area contributed by atoms with Gasteiger partial charge in [0.15, 0.2) is 7.37 Å². The van der Waals surface area contributed by atoms with Crippen molar-refractivity contribution in [2.45, 2.75) is 33.1 Å². The third-order valence-electron chi connectivity index (χ3n) is 1.57. The van der Waals surface area contributed by atoms with Crippen LogP contribution in [0.5, 0.6) is 0 Å². The second-order valence-electron chi connectivity index (χ2n) is 2.86. The molecule has 0 rings (SSSR count). The maximum Gasteiger partial charge on any atom is 0.200 e. The summed E-state index contributed by atoms with van der Waals surface area (Å²) in [6.45, 7) is 6.32. The average molecular weight is 178 g/mol. The average Bonchev–Trinajstić information content (AvgIpc) is 1.87. The van der Waals surface area contributed by atoms with Crippen LogP contribution in [0.25, 0.3) is 0 Å². The van der Waals surface area contributed by atoms with Crippen molar-refractivity contribution in [1.29, 1.82) is 0 Å². The highest BCUT2D eigenvalue weighted by molar-refractivity contribution is 7.58. The fourth-order valence-corrected chi connectivity index (χ4v) is 2.46. The molecule has 0 radical (unpaired) electrons. The summed E-state index contributed by atoms with van der Waals surface area (Å²) in [5, 5.41) is 0. The van der Waals surface area contributed by atoms with Crippen molar-refractivity contribution in [3.05, 3.63) is 0 Å². The van der Waals surface area contributed by atoms with E-state index in [4.69, 9.17) is 4.52 Å². The van der Waals surface area contributed by atoms with E-state index in [9.17, 15) is 4.57 Å². The largest absolute Gasteiger partial charge is 0.329 e. The van der Waals surface area contributed by atoms with Crippen molar-refractivity contribution < 1.29 is 9.09 Å². The summed E-state index contributed by atoms with van der Waals surface area (Å²) < 4.78 is 16.6. The molecule has 0 heterocycles. The molecule has 0 bridgehead atoms. The summed E-state index contributed by atoms with van der Waals surface area (Å²) in [4.78, 5) is 0. The molecule has 1 atom stereocenters. The Morgan fingerprint density at radius 3 is 2.36 bits per heavy atom. The van der Waals surface area contributed by atoms with Gasteiger partial charge in [-0.2, -0.15) is 0 Å². The smallest absolute Gasteiger partial charge is 0.200 e. The van der Waals surface area contributed by atoms with Crippen LogP contribution in [0, 0.1) is 0 Å². The summed E-state index contributed by atoms with van der Waals surface area (Å²) in [5.74, 6) is 0. The molecule has 0 spiro atoms. The third kappa shape index (κ3) is 6.58. The first-order valence-electron chi connectivity index (χ1n) is 4.33. The molecule has 0 aromatic heterocycles. The zero-order valence-electron chi connectivity index (χ0n) is 7.80. The van der Waals surface area contributed by atoms with Gasteiger partial charge < -0.3 is 4.52 Å². The monoisotopic (exact) mass is 178 g/mol. The molecular weight excluding hydrogens is 159 g/mol. The number of rotatable bonds is 6. The van der Waals surface area contributed by atoms with Crippen LogP contribution in [0.4, 0.5) is 0 Å². The van der Waals surface area contributed by atoms with Gasteiger partial charge in [0.2, 0.25) is 0 Å². The van der Waals surface area contributed by atoms with E-state index in [2.05, 4.69) is 6.92 Å². The Labute approximate surface area is 69.8 Å². The van der Waals surface area contributed by atoms with E-state index < -0.39 is 7.37 Å². The van der Waals surface area contributed by atoms with Gasteiger partial charge in [-0.15, -0.1) is 0 Å². The molecule has 0 aromatic rings. The Bertz CT molecular complexity index is 134. The van der Waals surface area contributed by atoms with E-state index in [1.807, 2.05) is 6.92 Å². The zero-order valence-corrected chi connectivity index (χ0v) is 8.69. The Morgan fingerprint density at radius 2 is 1.91 bits per heavy atom. The number of hydrogen-bond donors (Lipinski definition) is 0. The minimum Gasteiger partial charge on any atom is -0.329 e. The van der Waals surface area contributed by atoms with Crippen LogP contribution in [-0.2, 0) is 9.09 Å². The van der Waals surface area contributed by atoms with Crippen LogP contribution in [0.1, 0.15) is 33.1 Å². The molecular formula is C8H19O2P. The van der Waals surface area contributed by atoms with Crippen molar-refractivity contribution in [3.63, 3.8) is 0 Å². The van der Waals surface area contributed by atoms with E-state index in [1.54, 1.807) is 6.66 Å². The van der Waals surface area contributed by atoms with Gasteiger partial charge in [0.05, 0.1) is 6.61 Å². The maximum atomic E-state index is 11.5. The first-order valence-corrected chi connectivity index (χ1v) is 6.59. The Balaban J connectivity index is 3.47. The lowest BCUT2D eigenvalue weighted by atomic mass is 10.3. The molecule has 68 valence electrons. The van der Waals surface area contributed by atoms with Gasteiger partial charge in [0, 0.05) is 12.8 Å². The molecule has 1 unspecified atom stereocenters. The first-order chi connectivity index (χ1) is 5.12. The first kappa shape index (κ1) is 11.2. The Morgan fingerprint density at radius 1 is 1.27 bits per heavy atom. The molecule has 0 aliphatic heterocycles. The summed E-state index contributed by atoms with van der Waals surface area (Å²) in [6.07, 6.45) is 4.11. The molecule has 0 saturated carbocycles. The molecule has 0 amide bonds. The highest BCUT2D eigenvalue weighted by Crippen LogP contribution is 2.43. The number of unbranched alkanes of at least 4 members (excludes halogenated alkanes) is 2. The molecule has 0 aliphatic rings. The minimum atomic E-state index is -2.22. The van der Waals surface area contributed by atoms with Gasteiger partial charge in [-0.1, -0.05) is 19.8 Å². The Kier molecular flexibility index (Phi) is 5.89. The lowest BCUT2D eigenvalue weighted by Gasteiger charge is -2.11. The highest BCUT2D eigenvalue weighted by Gasteiger charge is 2.13. The molecule has 2 nitrogen and oxygen atoms in total. The van der Waals surface area contributed by atoms with E-state index in [0.29, 0.717) is 6.61 Å². The van der Waals surface area contributed by atoms with Crippen molar-refractivity contribution in [1.82, 2.24) is 0 Å². The van der Waals surface area contributed by atoms with Crippen LogP contribution in [-0.4, -0.2) is 19.4 Å². The molecule has 0 aliphatic carbocycles. The Hall–Kier alpha value is 0.190. The predicted octanol–water partition coefficient (Wildman–Crippen LogP) is 3.12.